The maximum absolute atomic E-state index is 12.4. The molecule has 0 aliphatic heterocycles. The molecular formula is C21H30N3O2+. The summed E-state index contributed by atoms with van der Waals surface area (Å²) in [5.74, 6) is 0.0395. The molecule has 0 fully saturated rings. The number of hydrogen-bond acceptors (Lipinski definition) is 2. The summed E-state index contributed by atoms with van der Waals surface area (Å²) in [7, 11) is 1.88. The first-order valence-corrected chi connectivity index (χ1v) is 9.32. The zero-order valence-electron chi connectivity index (χ0n) is 16.2. The third-order valence-electron chi connectivity index (χ3n) is 4.70. The molecule has 0 saturated heterocycles. The molecule has 0 radical (unpaired) electrons. The van der Waals surface area contributed by atoms with E-state index in [1.807, 2.05) is 52.1 Å². The molecule has 0 aliphatic carbocycles. The zero-order valence-corrected chi connectivity index (χ0v) is 16.2. The van der Waals surface area contributed by atoms with Gasteiger partial charge in [-0.25, -0.2) is 0 Å². The maximum Gasteiger partial charge on any atom is 0.277 e. The Hall–Kier alpha value is -2.40. The largest absolute Gasteiger partial charge is 0.345 e. The van der Waals surface area contributed by atoms with Crippen molar-refractivity contribution in [2.75, 3.05) is 33.2 Å². The summed E-state index contributed by atoms with van der Waals surface area (Å²) in [6.45, 7) is 7.94. The average molecular weight is 356 g/mol. The van der Waals surface area contributed by atoms with Crippen LogP contribution in [0.4, 0.5) is 0 Å². The van der Waals surface area contributed by atoms with E-state index in [-0.39, 0.29) is 24.4 Å². The lowest BCUT2D eigenvalue weighted by Gasteiger charge is -2.22. The van der Waals surface area contributed by atoms with E-state index in [0.29, 0.717) is 19.6 Å². The third-order valence-corrected chi connectivity index (χ3v) is 4.70. The number of nitrogens with one attached hydrogen (secondary N) is 2. The van der Waals surface area contributed by atoms with Gasteiger partial charge in [0, 0.05) is 13.1 Å². The van der Waals surface area contributed by atoms with Crippen LogP contribution >= 0.6 is 0 Å². The molecule has 0 saturated carbocycles. The summed E-state index contributed by atoms with van der Waals surface area (Å²) >= 11 is 0. The molecule has 2 aromatic rings. The number of likely N-dealkylation sites (N-methyl/N-ethyl adjacent to an activating group) is 2. The van der Waals surface area contributed by atoms with Gasteiger partial charge in [0.15, 0.2) is 13.1 Å². The van der Waals surface area contributed by atoms with Gasteiger partial charge < -0.3 is 15.1 Å². The molecule has 1 unspecified atom stereocenters. The summed E-state index contributed by atoms with van der Waals surface area (Å²) in [6, 6.07) is 14.2. The molecule has 0 heterocycles. The van der Waals surface area contributed by atoms with Crippen molar-refractivity contribution in [2.45, 2.75) is 26.8 Å². The third kappa shape index (κ3) is 5.05. The Morgan fingerprint density at radius 1 is 1.04 bits per heavy atom. The van der Waals surface area contributed by atoms with Crippen molar-refractivity contribution in [3.63, 3.8) is 0 Å². The number of nitrogens with zero attached hydrogens (tertiary/aromatic N) is 1. The van der Waals surface area contributed by atoms with Crippen LogP contribution in [0, 0.1) is 0 Å². The number of carbonyl (C=O) groups is 2. The smallest absolute Gasteiger partial charge is 0.277 e. The van der Waals surface area contributed by atoms with Crippen molar-refractivity contribution in [3.8, 4) is 0 Å². The predicted molar refractivity (Wildman–Crippen MR) is 105 cm³/mol. The maximum atomic E-state index is 12.4. The van der Waals surface area contributed by atoms with Gasteiger partial charge in [-0.1, -0.05) is 42.5 Å². The van der Waals surface area contributed by atoms with Gasteiger partial charge in [-0.15, -0.1) is 0 Å². The Bertz CT molecular complexity index is 751. The van der Waals surface area contributed by atoms with Crippen LogP contribution in [0.3, 0.4) is 0 Å². The lowest BCUT2D eigenvalue weighted by atomic mass is 10.00. The van der Waals surface area contributed by atoms with Crippen LogP contribution < -0.4 is 10.2 Å². The minimum absolute atomic E-state index is 0.0460. The molecule has 26 heavy (non-hydrogen) atoms. The molecule has 0 aromatic heterocycles. The van der Waals surface area contributed by atoms with Crippen molar-refractivity contribution >= 4 is 22.6 Å². The summed E-state index contributed by atoms with van der Waals surface area (Å²) < 4.78 is 0. The van der Waals surface area contributed by atoms with Gasteiger partial charge in [0.25, 0.3) is 11.8 Å². The molecule has 2 atom stereocenters. The second-order valence-electron chi connectivity index (χ2n) is 6.73. The predicted octanol–water partition coefficient (Wildman–Crippen LogP) is 1.40. The average Bonchev–Trinajstić information content (AvgIpc) is 2.61. The molecule has 5 nitrogen and oxygen atoms in total. The lowest BCUT2D eigenvalue weighted by Crippen LogP contribution is -3.11. The highest BCUT2D eigenvalue weighted by Gasteiger charge is 2.19. The van der Waals surface area contributed by atoms with E-state index in [4.69, 9.17) is 0 Å². The summed E-state index contributed by atoms with van der Waals surface area (Å²) in [6.07, 6.45) is 0. The second-order valence-corrected chi connectivity index (χ2v) is 6.73. The Balaban J connectivity index is 1.95. The van der Waals surface area contributed by atoms with E-state index in [9.17, 15) is 9.59 Å². The molecular weight excluding hydrogens is 326 g/mol. The number of quaternary nitrogens is 1. The van der Waals surface area contributed by atoms with Crippen molar-refractivity contribution in [2.24, 2.45) is 0 Å². The number of carbonyl (C=O) groups excluding carboxylic acids is 2. The number of fused-ring (bicyclic) bond motifs is 1. The van der Waals surface area contributed by atoms with Gasteiger partial charge in [-0.05, 0) is 37.1 Å². The van der Waals surface area contributed by atoms with E-state index >= 15 is 0 Å². The quantitative estimate of drug-likeness (QED) is 0.751. The van der Waals surface area contributed by atoms with Crippen LogP contribution in [0.25, 0.3) is 10.8 Å². The molecule has 0 spiro atoms. The van der Waals surface area contributed by atoms with Crippen LogP contribution in [0.2, 0.25) is 0 Å². The first-order valence-electron chi connectivity index (χ1n) is 9.32. The fourth-order valence-electron chi connectivity index (χ4n) is 3.28. The van der Waals surface area contributed by atoms with Crippen LogP contribution in [-0.4, -0.2) is 49.9 Å². The fourth-order valence-corrected chi connectivity index (χ4v) is 3.28. The van der Waals surface area contributed by atoms with E-state index in [2.05, 4.69) is 23.5 Å². The minimum atomic E-state index is -0.0834. The molecule has 2 amide bonds. The van der Waals surface area contributed by atoms with Gasteiger partial charge >= 0.3 is 0 Å². The van der Waals surface area contributed by atoms with Gasteiger partial charge in [0.2, 0.25) is 0 Å². The van der Waals surface area contributed by atoms with Gasteiger partial charge in [-0.2, -0.15) is 0 Å². The molecule has 0 bridgehead atoms. The molecule has 5 heteroatoms. The van der Waals surface area contributed by atoms with Crippen molar-refractivity contribution in [3.05, 3.63) is 48.0 Å². The summed E-state index contributed by atoms with van der Waals surface area (Å²) in [5, 5.41) is 5.38. The Kier molecular flexibility index (Phi) is 7.16. The Morgan fingerprint density at radius 2 is 1.69 bits per heavy atom. The highest BCUT2D eigenvalue weighted by atomic mass is 16.2. The van der Waals surface area contributed by atoms with Gasteiger partial charge in [0.1, 0.15) is 0 Å². The topological polar surface area (TPSA) is 53.9 Å². The Morgan fingerprint density at radius 3 is 2.38 bits per heavy atom. The molecule has 2 N–H and O–H groups in total. The highest BCUT2D eigenvalue weighted by Crippen LogP contribution is 2.23. The molecule has 140 valence electrons. The molecule has 2 rings (SSSR count). The van der Waals surface area contributed by atoms with Crippen LogP contribution in [0.1, 0.15) is 32.4 Å². The highest BCUT2D eigenvalue weighted by molar-refractivity contribution is 5.87. The fraction of sp³-hybridized carbons (Fsp3) is 0.429. The lowest BCUT2D eigenvalue weighted by molar-refractivity contribution is -0.863. The number of rotatable bonds is 8. The second kappa shape index (κ2) is 9.34. The number of amides is 2. The summed E-state index contributed by atoms with van der Waals surface area (Å²) in [4.78, 5) is 27.3. The van der Waals surface area contributed by atoms with Crippen molar-refractivity contribution in [1.29, 1.82) is 0 Å². The zero-order chi connectivity index (χ0) is 19.1. The SMILES string of the molecule is CCN(CC)C(=O)C[NH+](C)CC(=O)N[C@@H](C)c1cccc2ccccc12. The van der Waals surface area contributed by atoms with Crippen LogP contribution in [0.15, 0.2) is 42.5 Å². The van der Waals surface area contributed by atoms with E-state index in [1.165, 1.54) is 5.39 Å². The Labute approximate surface area is 156 Å². The number of benzene rings is 2. The van der Waals surface area contributed by atoms with Crippen LogP contribution in [0.5, 0.6) is 0 Å². The standard InChI is InChI=1S/C21H29N3O2/c1-5-24(6-2)21(26)15-23(4)14-20(25)22-16(3)18-13-9-11-17-10-7-8-12-19(17)18/h7-13,16H,5-6,14-15H2,1-4H3,(H,22,25)/p+1/t16-/m0/s1. The first-order chi connectivity index (χ1) is 12.5. The number of hydrogen-bond donors (Lipinski definition) is 2. The minimum Gasteiger partial charge on any atom is -0.345 e. The van der Waals surface area contributed by atoms with Gasteiger partial charge in [-0.3, -0.25) is 9.59 Å². The summed E-state index contributed by atoms with van der Waals surface area (Å²) in [5.41, 5.74) is 1.10. The van der Waals surface area contributed by atoms with E-state index in [1.54, 1.807) is 4.90 Å². The monoisotopic (exact) mass is 356 g/mol. The van der Waals surface area contributed by atoms with E-state index < -0.39 is 0 Å². The van der Waals surface area contributed by atoms with Gasteiger partial charge in [0.05, 0.1) is 13.1 Å². The molecule has 0 aliphatic rings. The van der Waals surface area contributed by atoms with Crippen LogP contribution in [-0.2, 0) is 9.59 Å². The van der Waals surface area contributed by atoms with E-state index in [0.717, 1.165) is 15.8 Å². The molecule has 2 aromatic carbocycles. The normalized spacial score (nSPS) is 13.2. The first kappa shape index (κ1) is 19.9. The van der Waals surface area contributed by atoms with Crippen molar-refractivity contribution in [1.82, 2.24) is 10.2 Å². The van der Waals surface area contributed by atoms with Crippen molar-refractivity contribution < 1.29 is 14.5 Å².